The SMILES string of the molecule is O=C(Nc1ccc(F)cc1)N1CCC(N2C(=O)CNC2=O)CC1. The summed E-state index contributed by atoms with van der Waals surface area (Å²) in [7, 11) is 0. The predicted octanol–water partition coefficient (Wildman–Crippen LogP) is 1.37. The Bertz CT molecular complexity index is 610. The van der Waals surface area contributed by atoms with Crippen molar-refractivity contribution in [2.24, 2.45) is 0 Å². The van der Waals surface area contributed by atoms with E-state index >= 15 is 0 Å². The fourth-order valence-corrected chi connectivity index (χ4v) is 2.87. The maximum atomic E-state index is 12.8. The maximum absolute atomic E-state index is 12.8. The number of nitrogens with zero attached hydrogens (tertiary/aromatic N) is 2. The summed E-state index contributed by atoms with van der Waals surface area (Å²) in [5.41, 5.74) is 0.521. The zero-order valence-corrected chi connectivity index (χ0v) is 12.4. The van der Waals surface area contributed by atoms with E-state index in [2.05, 4.69) is 10.6 Å². The smallest absolute Gasteiger partial charge is 0.324 e. The van der Waals surface area contributed by atoms with E-state index in [-0.39, 0.29) is 36.4 Å². The van der Waals surface area contributed by atoms with Crippen LogP contribution in [0.1, 0.15) is 12.8 Å². The molecule has 2 aliphatic heterocycles. The minimum Gasteiger partial charge on any atom is -0.329 e. The lowest BCUT2D eigenvalue weighted by molar-refractivity contribution is -0.127. The van der Waals surface area contributed by atoms with Gasteiger partial charge >= 0.3 is 12.1 Å². The molecule has 2 saturated heterocycles. The first-order valence-electron chi connectivity index (χ1n) is 7.46. The highest BCUT2D eigenvalue weighted by molar-refractivity contribution is 6.02. The zero-order valence-electron chi connectivity index (χ0n) is 12.4. The fourth-order valence-electron chi connectivity index (χ4n) is 2.87. The van der Waals surface area contributed by atoms with Gasteiger partial charge in [-0.3, -0.25) is 9.69 Å². The van der Waals surface area contributed by atoms with Gasteiger partial charge in [0.1, 0.15) is 5.82 Å². The number of hydrogen-bond acceptors (Lipinski definition) is 3. The molecule has 0 aliphatic carbocycles. The van der Waals surface area contributed by atoms with Gasteiger partial charge in [-0.15, -0.1) is 0 Å². The molecule has 1 aromatic rings. The number of benzene rings is 1. The van der Waals surface area contributed by atoms with E-state index in [1.807, 2.05) is 0 Å². The number of carbonyl (C=O) groups is 3. The Morgan fingerprint density at radius 1 is 1.17 bits per heavy atom. The van der Waals surface area contributed by atoms with Crippen LogP contribution in [0.3, 0.4) is 0 Å². The van der Waals surface area contributed by atoms with E-state index in [4.69, 9.17) is 0 Å². The van der Waals surface area contributed by atoms with Crippen LogP contribution in [0.4, 0.5) is 19.7 Å². The normalized spacial score (nSPS) is 19.0. The molecule has 0 unspecified atom stereocenters. The summed E-state index contributed by atoms with van der Waals surface area (Å²) in [4.78, 5) is 38.4. The molecule has 0 saturated carbocycles. The standard InChI is InChI=1S/C15H17FN4O3/c16-10-1-3-11(4-2-10)18-15(23)19-7-5-12(6-8-19)20-13(21)9-17-14(20)22/h1-4,12H,5-9H2,(H,17,22)(H,18,23). The van der Waals surface area contributed by atoms with E-state index in [9.17, 15) is 18.8 Å². The second-order valence-corrected chi connectivity index (χ2v) is 5.58. The summed E-state index contributed by atoms with van der Waals surface area (Å²) in [5.74, 6) is -0.582. The van der Waals surface area contributed by atoms with Gasteiger partial charge in [0.25, 0.3) is 0 Å². The lowest BCUT2D eigenvalue weighted by atomic mass is 10.0. The van der Waals surface area contributed by atoms with E-state index < -0.39 is 0 Å². The number of hydrogen-bond donors (Lipinski definition) is 2. The van der Waals surface area contributed by atoms with Gasteiger partial charge in [-0.2, -0.15) is 0 Å². The second kappa shape index (κ2) is 6.23. The highest BCUT2D eigenvalue weighted by Crippen LogP contribution is 2.20. The molecule has 0 aromatic heterocycles. The predicted molar refractivity (Wildman–Crippen MR) is 80.3 cm³/mol. The van der Waals surface area contributed by atoms with Crippen LogP contribution in [0.5, 0.6) is 0 Å². The molecule has 0 radical (unpaired) electrons. The number of rotatable bonds is 2. The van der Waals surface area contributed by atoms with Gasteiger partial charge in [0, 0.05) is 24.8 Å². The molecule has 122 valence electrons. The molecule has 5 amide bonds. The van der Waals surface area contributed by atoms with Crippen LogP contribution in [0, 0.1) is 5.82 Å². The van der Waals surface area contributed by atoms with Crippen molar-refractivity contribution in [2.75, 3.05) is 25.0 Å². The van der Waals surface area contributed by atoms with Crippen LogP contribution in [0.2, 0.25) is 0 Å². The number of piperidine rings is 1. The van der Waals surface area contributed by atoms with Crippen LogP contribution >= 0.6 is 0 Å². The molecule has 2 N–H and O–H groups in total. The van der Waals surface area contributed by atoms with Crippen molar-refractivity contribution in [3.8, 4) is 0 Å². The molecule has 8 heteroatoms. The van der Waals surface area contributed by atoms with Crippen LogP contribution in [-0.2, 0) is 4.79 Å². The lowest BCUT2D eigenvalue weighted by Gasteiger charge is -2.35. The van der Waals surface area contributed by atoms with E-state index in [1.165, 1.54) is 29.2 Å². The molecule has 0 bridgehead atoms. The number of halogens is 1. The van der Waals surface area contributed by atoms with Gasteiger partial charge in [-0.25, -0.2) is 14.0 Å². The quantitative estimate of drug-likeness (QED) is 0.808. The minimum absolute atomic E-state index is 0.0457. The number of likely N-dealkylation sites (tertiary alicyclic amines) is 1. The minimum atomic E-state index is -0.364. The van der Waals surface area contributed by atoms with Crippen molar-refractivity contribution in [1.82, 2.24) is 15.1 Å². The molecule has 2 aliphatic rings. The third-order valence-corrected chi connectivity index (χ3v) is 4.09. The van der Waals surface area contributed by atoms with Crippen molar-refractivity contribution in [2.45, 2.75) is 18.9 Å². The molecule has 1 aromatic carbocycles. The summed E-state index contributed by atoms with van der Waals surface area (Å²) in [5, 5.41) is 5.20. The Morgan fingerprint density at radius 2 is 1.83 bits per heavy atom. The Hall–Kier alpha value is -2.64. The Kier molecular flexibility index (Phi) is 4.14. The number of amides is 5. The molecule has 3 rings (SSSR count). The average molecular weight is 320 g/mol. The fraction of sp³-hybridized carbons (Fsp3) is 0.400. The van der Waals surface area contributed by atoms with Crippen molar-refractivity contribution in [3.63, 3.8) is 0 Å². The van der Waals surface area contributed by atoms with Crippen molar-refractivity contribution in [3.05, 3.63) is 30.1 Å². The molecule has 0 spiro atoms. The molecule has 0 atom stereocenters. The van der Waals surface area contributed by atoms with Gasteiger partial charge in [0.05, 0.1) is 6.54 Å². The van der Waals surface area contributed by atoms with Crippen molar-refractivity contribution < 1.29 is 18.8 Å². The highest BCUT2D eigenvalue weighted by atomic mass is 19.1. The first kappa shape index (κ1) is 15.3. The van der Waals surface area contributed by atoms with Gasteiger partial charge < -0.3 is 15.5 Å². The number of anilines is 1. The van der Waals surface area contributed by atoms with Crippen LogP contribution < -0.4 is 10.6 Å². The van der Waals surface area contributed by atoms with E-state index in [0.717, 1.165) is 0 Å². The molecule has 2 fully saturated rings. The molecular formula is C15H17FN4O3. The number of urea groups is 2. The third-order valence-electron chi connectivity index (χ3n) is 4.09. The summed E-state index contributed by atoms with van der Waals surface area (Å²) >= 11 is 0. The summed E-state index contributed by atoms with van der Waals surface area (Å²) in [6.07, 6.45) is 1.10. The van der Waals surface area contributed by atoms with Gasteiger partial charge in [0.2, 0.25) is 5.91 Å². The summed E-state index contributed by atoms with van der Waals surface area (Å²) < 4.78 is 12.8. The third kappa shape index (κ3) is 3.25. The molecule has 2 heterocycles. The van der Waals surface area contributed by atoms with Crippen LogP contribution in [0.25, 0.3) is 0 Å². The topological polar surface area (TPSA) is 81.8 Å². The van der Waals surface area contributed by atoms with Gasteiger partial charge in [0.15, 0.2) is 0 Å². The van der Waals surface area contributed by atoms with Gasteiger partial charge in [-0.05, 0) is 37.1 Å². The zero-order chi connectivity index (χ0) is 16.4. The molecular weight excluding hydrogens is 303 g/mol. The Balaban J connectivity index is 1.54. The average Bonchev–Trinajstić information content (AvgIpc) is 2.88. The summed E-state index contributed by atoms with van der Waals surface area (Å²) in [6, 6.07) is 4.75. The van der Waals surface area contributed by atoms with Gasteiger partial charge in [-0.1, -0.05) is 0 Å². The largest absolute Gasteiger partial charge is 0.329 e. The molecule has 23 heavy (non-hydrogen) atoms. The van der Waals surface area contributed by atoms with Crippen LogP contribution in [-0.4, -0.2) is 53.4 Å². The number of nitrogens with one attached hydrogen (secondary N) is 2. The van der Waals surface area contributed by atoms with Crippen LogP contribution in [0.15, 0.2) is 24.3 Å². The number of carbonyl (C=O) groups excluding carboxylic acids is 3. The summed E-state index contributed by atoms with van der Waals surface area (Å²) in [6.45, 7) is 0.952. The van der Waals surface area contributed by atoms with E-state index in [1.54, 1.807) is 4.90 Å². The Morgan fingerprint density at radius 3 is 2.39 bits per heavy atom. The number of imide groups is 1. The van der Waals surface area contributed by atoms with Crippen molar-refractivity contribution >= 4 is 23.7 Å². The van der Waals surface area contributed by atoms with Crippen molar-refractivity contribution in [1.29, 1.82) is 0 Å². The van der Waals surface area contributed by atoms with E-state index in [0.29, 0.717) is 31.6 Å². The first-order valence-corrected chi connectivity index (χ1v) is 7.46. The second-order valence-electron chi connectivity index (χ2n) is 5.58. The maximum Gasteiger partial charge on any atom is 0.324 e. The monoisotopic (exact) mass is 320 g/mol. The first-order chi connectivity index (χ1) is 11.0. The lowest BCUT2D eigenvalue weighted by Crippen LogP contribution is -2.49. The highest BCUT2D eigenvalue weighted by Gasteiger charge is 2.37. The Labute approximate surface area is 132 Å². The molecule has 7 nitrogen and oxygen atoms in total.